The lowest BCUT2D eigenvalue weighted by Gasteiger charge is -2.15. The Bertz CT molecular complexity index is 1310. The molecule has 0 aromatic heterocycles. The minimum Gasteiger partial charge on any atom is -0.493 e. The Balaban J connectivity index is 1.60. The Morgan fingerprint density at radius 2 is 1.47 bits per heavy atom. The highest BCUT2D eigenvalue weighted by Gasteiger charge is 2.35. The lowest BCUT2D eigenvalue weighted by Crippen LogP contribution is -2.28. The Labute approximate surface area is 243 Å². The zero-order chi connectivity index (χ0) is 26.9. The Hall–Kier alpha value is -2.44. The molecule has 38 heavy (non-hydrogen) atoms. The molecule has 0 bridgehead atoms. The molecular weight excluding hydrogens is 559 g/mol. The summed E-state index contributed by atoms with van der Waals surface area (Å²) in [5.74, 6) is 0.511. The molecule has 0 aliphatic carbocycles. The molecule has 0 unspecified atom stereocenters. The van der Waals surface area contributed by atoms with Gasteiger partial charge in [0.15, 0.2) is 5.17 Å². The number of amides is 1. The smallest absolute Gasteiger partial charge is 0.271 e. The van der Waals surface area contributed by atoms with Crippen LogP contribution in [-0.4, -0.2) is 17.7 Å². The third-order valence-electron chi connectivity index (χ3n) is 5.96. The summed E-state index contributed by atoms with van der Waals surface area (Å²) in [5.41, 5.74) is 2.12. The van der Waals surface area contributed by atoms with E-state index >= 15 is 0 Å². The second-order valence-corrected chi connectivity index (χ2v) is 11.2. The molecule has 0 saturated carbocycles. The normalized spacial score (nSPS) is 15.6. The van der Waals surface area contributed by atoms with Crippen molar-refractivity contribution < 1.29 is 9.53 Å². The van der Waals surface area contributed by atoms with E-state index in [1.165, 1.54) is 37.4 Å². The highest BCUT2D eigenvalue weighted by atomic mass is 35.5. The van der Waals surface area contributed by atoms with Crippen LogP contribution in [0.4, 0.5) is 11.4 Å². The Morgan fingerprint density at radius 3 is 2.18 bits per heavy atom. The summed E-state index contributed by atoms with van der Waals surface area (Å²) < 4.78 is 6.11. The number of anilines is 1. The summed E-state index contributed by atoms with van der Waals surface area (Å²) in [7, 11) is 0. The molecule has 1 heterocycles. The van der Waals surface area contributed by atoms with Gasteiger partial charge >= 0.3 is 0 Å². The highest BCUT2D eigenvalue weighted by Crippen LogP contribution is 2.39. The van der Waals surface area contributed by atoms with Crippen LogP contribution in [0.2, 0.25) is 15.1 Å². The van der Waals surface area contributed by atoms with E-state index in [0.29, 0.717) is 48.9 Å². The van der Waals surface area contributed by atoms with Crippen LogP contribution in [0.3, 0.4) is 0 Å². The maximum absolute atomic E-state index is 13.7. The fourth-order valence-corrected chi connectivity index (χ4v) is 5.39. The molecule has 198 valence electrons. The van der Waals surface area contributed by atoms with E-state index in [0.717, 1.165) is 18.4 Å². The fourth-order valence-electron chi connectivity index (χ4n) is 3.96. The molecule has 1 saturated heterocycles. The molecule has 3 aromatic carbocycles. The van der Waals surface area contributed by atoms with Crippen molar-refractivity contribution >= 4 is 75.1 Å². The summed E-state index contributed by atoms with van der Waals surface area (Å²) in [4.78, 5) is 20.5. The van der Waals surface area contributed by atoms with Crippen molar-refractivity contribution in [2.45, 2.75) is 45.4 Å². The SMILES string of the molecule is CCCCCCCCOc1ccc(Cl)cc1/C=C1/SC(=Nc2ccc(Cl)cc2)N(c2ccc(Cl)cc2)C1=O. The number of amidine groups is 1. The number of nitrogens with zero attached hydrogens (tertiary/aromatic N) is 2. The predicted octanol–water partition coefficient (Wildman–Crippen LogP) is 10.2. The summed E-state index contributed by atoms with van der Waals surface area (Å²) >= 11 is 19.8. The van der Waals surface area contributed by atoms with Gasteiger partial charge in [0.1, 0.15) is 5.75 Å². The lowest BCUT2D eigenvalue weighted by atomic mass is 10.1. The third kappa shape index (κ3) is 7.79. The second-order valence-electron chi connectivity index (χ2n) is 8.90. The first-order valence-corrected chi connectivity index (χ1v) is 14.7. The van der Waals surface area contributed by atoms with E-state index < -0.39 is 0 Å². The quantitative estimate of drug-likeness (QED) is 0.165. The highest BCUT2D eigenvalue weighted by molar-refractivity contribution is 8.19. The van der Waals surface area contributed by atoms with Gasteiger partial charge < -0.3 is 4.74 Å². The van der Waals surface area contributed by atoms with Gasteiger partial charge in [-0.3, -0.25) is 9.69 Å². The summed E-state index contributed by atoms with van der Waals surface area (Å²) in [5, 5.41) is 2.31. The van der Waals surface area contributed by atoms with E-state index in [4.69, 9.17) is 44.5 Å². The van der Waals surface area contributed by atoms with Crippen LogP contribution in [0.25, 0.3) is 6.08 Å². The van der Waals surface area contributed by atoms with Gasteiger partial charge in [0, 0.05) is 20.6 Å². The van der Waals surface area contributed by atoms with Gasteiger partial charge in [-0.2, -0.15) is 0 Å². The van der Waals surface area contributed by atoms with Gasteiger partial charge in [-0.1, -0.05) is 73.8 Å². The molecule has 0 N–H and O–H groups in total. The largest absolute Gasteiger partial charge is 0.493 e. The number of thioether (sulfide) groups is 1. The molecule has 4 nitrogen and oxygen atoms in total. The van der Waals surface area contributed by atoms with Gasteiger partial charge in [0.25, 0.3) is 5.91 Å². The summed E-state index contributed by atoms with van der Waals surface area (Å²) in [6.45, 7) is 2.83. The number of hydrogen-bond acceptors (Lipinski definition) is 4. The number of unbranched alkanes of at least 4 members (excludes halogenated alkanes) is 5. The predicted molar refractivity (Wildman–Crippen MR) is 163 cm³/mol. The summed E-state index contributed by atoms with van der Waals surface area (Å²) in [6.07, 6.45) is 8.93. The van der Waals surface area contributed by atoms with E-state index in [-0.39, 0.29) is 5.91 Å². The number of rotatable bonds is 11. The van der Waals surface area contributed by atoms with Gasteiger partial charge in [-0.25, -0.2) is 4.99 Å². The first-order chi connectivity index (χ1) is 18.4. The zero-order valence-corrected chi connectivity index (χ0v) is 24.2. The van der Waals surface area contributed by atoms with Crippen molar-refractivity contribution in [3.63, 3.8) is 0 Å². The first-order valence-electron chi connectivity index (χ1n) is 12.7. The number of carbonyl (C=O) groups excluding carboxylic acids is 1. The topological polar surface area (TPSA) is 41.9 Å². The second kappa shape index (κ2) is 14.1. The van der Waals surface area contributed by atoms with E-state index in [1.807, 2.05) is 30.3 Å². The van der Waals surface area contributed by atoms with Crippen LogP contribution < -0.4 is 9.64 Å². The Morgan fingerprint density at radius 1 is 0.842 bits per heavy atom. The fraction of sp³-hybridized carbons (Fsp3) is 0.267. The maximum Gasteiger partial charge on any atom is 0.271 e. The van der Waals surface area contributed by atoms with Crippen LogP contribution in [-0.2, 0) is 4.79 Å². The number of benzene rings is 3. The zero-order valence-electron chi connectivity index (χ0n) is 21.1. The molecule has 0 atom stereocenters. The summed E-state index contributed by atoms with van der Waals surface area (Å²) in [6, 6.07) is 19.7. The average molecular weight is 588 g/mol. The minimum atomic E-state index is -0.188. The van der Waals surface area contributed by atoms with Crippen molar-refractivity contribution in [3.05, 3.63) is 92.3 Å². The number of hydrogen-bond donors (Lipinski definition) is 0. The van der Waals surface area contributed by atoms with E-state index in [2.05, 4.69) is 6.92 Å². The monoisotopic (exact) mass is 586 g/mol. The van der Waals surface area contributed by atoms with Crippen LogP contribution in [0.1, 0.15) is 51.0 Å². The number of carbonyl (C=O) groups is 1. The average Bonchev–Trinajstić information content (AvgIpc) is 3.20. The number of ether oxygens (including phenoxy) is 1. The van der Waals surface area contributed by atoms with Crippen LogP contribution in [0.15, 0.2) is 76.6 Å². The van der Waals surface area contributed by atoms with Gasteiger partial charge in [-0.15, -0.1) is 0 Å². The molecule has 1 aliphatic rings. The van der Waals surface area contributed by atoms with Crippen molar-refractivity contribution in [1.29, 1.82) is 0 Å². The van der Waals surface area contributed by atoms with Crippen molar-refractivity contribution in [3.8, 4) is 5.75 Å². The van der Waals surface area contributed by atoms with E-state index in [9.17, 15) is 4.79 Å². The minimum absolute atomic E-state index is 0.188. The number of halogens is 3. The van der Waals surface area contributed by atoms with Crippen LogP contribution in [0.5, 0.6) is 5.75 Å². The molecule has 1 aliphatic heterocycles. The van der Waals surface area contributed by atoms with Crippen molar-refractivity contribution in [1.82, 2.24) is 0 Å². The molecule has 1 amide bonds. The molecule has 3 aromatic rings. The van der Waals surface area contributed by atoms with Crippen molar-refractivity contribution in [2.75, 3.05) is 11.5 Å². The van der Waals surface area contributed by atoms with Gasteiger partial charge in [0.2, 0.25) is 0 Å². The van der Waals surface area contributed by atoms with Crippen LogP contribution in [0, 0.1) is 0 Å². The molecule has 0 spiro atoms. The first kappa shape index (κ1) is 28.6. The van der Waals surface area contributed by atoms with Crippen molar-refractivity contribution in [2.24, 2.45) is 4.99 Å². The van der Waals surface area contributed by atoms with E-state index in [1.54, 1.807) is 47.4 Å². The molecule has 1 fully saturated rings. The number of aliphatic imine (C=N–C) groups is 1. The molecule has 4 rings (SSSR count). The van der Waals surface area contributed by atoms with Gasteiger partial charge in [-0.05, 0) is 91.0 Å². The Kier molecular flexibility index (Phi) is 10.6. The van der Waals surface area contributed by atoms with Crippen LogP contribution >= 0.6 is 46.6 Å². The molecule has 0 radical (unpaired) electrons. The van der Waals surface area contributed by atoms with Gasteiger partial charge in [0.05, 0.1) is 22.9 Å². The standard InChI is InChI=1S/C30H29Cl3N2O2S/c1-2-3-4-5-6-7-18-37-27-17-12-24(33)19-21(27)20-28-29(36)35(26-15-10-23(32)11-16-26)30(38-28)34-25-13-8-22(31)9-14-25/h8-17,19-20H,2-7,18H2,1H3/b28-20+,34-30?. The third-order valence-corrected chi connectivity index (χ3v) is 7.66. The molecular formula is C30H29Cl3N2O2S. The maximum atomic E-state index is 13.7. The lowest BCUT2D eigenvalue weighted by molar-refractivity contribution is -0.113. The molecule has 8 heteroatoms.